The van der Waals surface area contributed by atoms with Gasteiger partial charge in [0.15, 0.2) is 5.96 Å². The van der Waals surface area contributed by atoms with E-state index in [1.54, 1.807) is 12.1 Å². The Hall–Kier alpha value is -2.12. The lowest BCUT2D eigenvalue weighted by molar-refractivity contribution is 0.0389. The van der Waals surface area contributed by atoms with E-state index in [1.807, 2.05) is 19.1 Å². The molecule has 0 aromatic heterocycles. The van der Waals surface area contributed by atoms with Gasteiger partial charge in [-0.25, -0.2) is 4.99 Å². The summed E-state index contributed by atoms with van der Waals surface area (Å²) >= 11 is 0. The van der Waals surface area contributed by atoms with Crippen molar-refractivity contribution in [2.24, 2.45) is 10.7 Å². The Morgan fingerprint density at radius 2 is 2.12 bits per heavy atom. The third-order valence-corrected chi connectivity index (χ3v) is 3.80. The van der Waals surface area contributed by atoms with E-state index in [1.165, 1.54) is 0 Å². The molecule has 1 amide bonds. The van der Waals surface area contributed by atoms with Crippen LogP contribution in [0.2, 0.25) is 0 Å². The van der Waals surface area contributed by atoms with Gasteiger partial charge < -0.3 is 21.1 Å². The highest BCUT2D eigenvalue weighted by Gasteiger charge is 2.09. The largest absolute Gasteiger partial charge is 0.379 e. The Morgan fingerprint density at radius 3 is 2.83 bits per heavy atom. The normalized spacial score (nSPS) is 16.0. The molecule has 7 nitrogen and oxygen atoms in total. The number of primary amides is 1. The summed E-state index contributed by atoms with van der Waals surface area (Å²) in [7, 11) is 0. The van der Waals surface area contributed by atoms with E-state index < -0.39 is 5.91 Å². The average molecular weight is 333 g/mol. The average Bonchev–Trinajstić information content (AvgIpc) is 2.61. The molecule has 1 aliphatic heterocycles. The summed E-state index contributed by atoms with van der Waals surface area (Å²) in [5.41, 5.74) is 6.77. The predicted octanol–water partition coefficient (Wildman–Crippen LogP) is 0.173. The molecule has 132 valence electrons. The highest BCUT2D eigenvalue weighted by molar-refractivity contribution is 5.92. The molecule has 0 spiro atoms. The smallest absolute Gasteiger partial charge is 0.248 e. The zero-order valence-corrected chi connectivity index (χ0v) is 14.3. The highest BCUT2D eigenvalue weighted by Crippen LogP contribution is 2.06. The fraction of sp³-hybridized carbons (Fsp3) is 0.529. The lowest BCUT2D eigenvalue weighted by atomic mass is 10.1. The number of guanidine groups is 1. The fourth-order valence-electron chi connectivity index (χ4n) is 2.49. The summed E-state index contributed by atoms with van der Waals surface area (Å²) in [6, 6.07) is 7.25. The van der Waals surface area contributed by atoms with Crippen LogP contribution >= 0.6 is 0 Å². The van der Waals surface area contributed by atoms with Crippen LogP contribution in [0.5, 0.6) is 0 Å². The molecular formula is C17H27N5O2. The summed E-state index contributed by atoms with van der Waals surface area (Å²) in [6.45, 7) is 8.70. The second kappa shape index (κ2) is 9.89. The van der Waals surface area contributed by atoms with Gasteiger partial charge in [0.05, 0.1) is 19.8 Å². The van der Waals surface area contributed by atoms with Gasteiger partial charge in [0.1, 0.15) is 0 Å². The molecule has 0 saturated carbocycles. The third kappa shape index (κ3) is 6.17. The summed E-state index contributed by atoms with van der Waals surface area (Å²) in [6.07, 6.45) is 0. The molecule has 0 radical (unpaired) electrons. The van der Waals surface area contributed by atoms with Crippen molar-refractivity contribution in [2.75, 3.05) is 45.9 Å². The Bertz CT molecular complexity index is 556. The topological polar surface area (TPSA) is 92.0 Å². The van der Waals surface area contributed by atoms with E-state index in [0.29, 0.717) is 12.1 Å². The van der Waals surface area contributed by atoms with E-state index >= 15 is 0 Å². The number of rotatable bonds is 7. The molecule has 1 aliphatic rings. The number of nitrogens with one attached hydrogen (secondary N) is 2. The standard InChI is InChI=1S/C17H27N5O2/c1-2-19-17(20-6-7-22-8-10-24-11-9-22)21-13-14-4-3-5-15(12-14)16(18)23/h3-5,12H,2,6-11,13H2,1H3,(H2,18,23)(H2,19,20,21). The van der Waals surface area contributed by atoms with Gasteiger partial charge in [0.25, 0.3) is 0 Å². The number of hydrogen-bond donors (Lipinski definition) is 3. The molecule has 1 fully saturated rings. The van der Waals surface area contributed by atoms with Gasteiger partial charge in [0.2, 0.25) is 5.91 Å². The van der Waals surface area contributed by atoms with Gasteiger partial charge in [-0.05, 0) is 24.6 Å². The summed E-state index contributed by atoms with van der Waals surface area (Å²) in [4.78, 5) is 18.2. The molecule has 24 heavy (non-hydrogen) atoms. The molecule has 1 heterocycles. The number of carbonyl (C=O) groups excluding carboxylic acids is 1. The van der Waals surface area contributed by atoms with Gasteiger partial charge in [-0.3, -0.25) is 9.69 Å². The van der Waals surface area contributed by atoms with E-state index in [-0.39, 0.29) is 0 Å². The summed E-state index contributed by atoms with van der Waals surface area (Å²) in [5, 5.41) is 6.57. The van der Waals surface area contributed by atoms with Crippen molar-refractivity contribution >= 4 is 11.9 Å². The molecule has 0 bridgehead atoms. The molecule has 0 atom stereocenters. The van der Waals surface area contributed by atoms with Crippen LogP contribution < -0.4 is 16.4 Å². The molecule has 1 aromatic rings. The minimum absolute atomic E-state index is 0.420. The number of nitrogens with two attached hydrogens (primary N) is 1. The molecule has 0 unspecified atom stereocenters. The Labute approximate surface area is 143 Å². The van der Waals surface area contributed by atoms with Gasteiger partial charge in [0, 0.05) is 38.3 Å². The maximum absolute atomic E-state index is 11.2. The van der Waals surface area contributed by atoms with Crippen LogP contribution in [0, 0.1) is 0 Å². The van der Waals surface area contributed by atoms with Crippen LogP contribution in [0.15, 0.2) is 29.3 Å². The minimum Gasteiger partial charge on any atom is -0.379 e. The zero-order valence-electron chi connectivity index (χ0n) is 14.3. The number of benzene rings is 1. The third-order valence-electron chi connectivity index (χ3n) is 3.80. The SMILES string of the molecule is CCNC(=NCc1cccc(C(N)=O)c1)NCCN1CCOCC1. The van der Waals surface area contributed by atoms with Crippen molar-refractivity contribution < 1.29 is 9.53 Å². The lowest BCUT2D eigenvalue weighted by Crippen LogP contribution is -2.44. The minimum atomic E-state index is -0.420. The quantitative estimate of drug-likeness (QED) is 0.489. The van der Waals surface area contributed by atoms with E-state index in [2.05, 4.69) is 20.5 Å². The molecular weight excluding hydrogens is 306 g/mol. The number of ether oxygens (including phenoxy) is 1. The van der Waals surface area contributed by atoms with Crippen molar-refractivity contribution in [1.82, 2.24) is 15.5 Å². The van der Waals surface area contributed by atoms with E-state index in [0.717, 1.165) is 57.5 Å². The molecule has 7 heteroatoms. The number of aliphatic imine (C=N–C) groups is 1. The Kier molecular flexibility index (Phi) is 7.51. The fourth-order valence-corrected chi connectivity index (χ4v) is 2.49. The van der Waals surface area contributed by atoms with Crippen LogP contribution in [0.4, 0.5) is 0 Å². The molecule has 0 aliphatic carbocycles. The molecule has 1 aromatic carbocycles. The highest BCUT2D eigenvalue weighted by atomic mass is 16.5. The van der Waals surface area contributed by atoms with Crippen LogP contribution in [0.25, 0.3) is 0 Å². The number of morpholine rings is 1. The molecule has 4 N–H and O–H groups in total. The summed E-state index contributed by atoms with van der Waals surface area (Å²) in [5.74, 6) is 0.353. The number of hydrogen-bond acceptors (Lipinski definition) is 4. The van der Waals surface area contributed by atoms with E-state index in [9.17, 15) is 4.79 Å². The van der Waals surface area contributed by atoms with Crippen molar-refractivity contribution in [1.29, 1.82) is 0 Å². The first-order valence-electron chi connectivity index (χ1n) is 8.40. The van der Waals surface area contributed by atoms with Crippen LogP contribution in [-0.2, 0) is 11.3 Å². The maximum atomic E-state index is 11.2. The second-order valence-electron chi connectivity index (χ2n) is 5.64. The first kappa shape index (κ1) is 18.2. The Balaban J connectivity index is 1.85. The predicted molar refractivity (Wildman–Crippen MR) is 95.0 cm³/mol. The number of amides is 1. The van der Waals surface area contributed by atoms with E-state index in [4.69, 9.17) is 10.5 Å². The van der Waals surface area contributed by atoms with Crippen molar-refractivity contribution in [3.63, 3.8) is 0 Å². The number of carbonyl (C=O) groups is 1. The van der Waals surface area contributed by atoms with Crippen molar-refractivity contribution in [2.45, 2.75) is 13.5 Å². The summed E-state index contributed by atoms with van der Waals surface area (Å²) < 4.78 is 5.35. The van der Waals surface area contributed by atoms with Gasteiger partial charge in [-0.2, -0.15) is 0 Å². The monoisotopic (exact) mass is 333 g/mol. The van der Waals surface area contributed by atoms with Gasteiger partial charge >= 0.3 is 0 Å². The van der Waals surface area contributed by atoms with Crippen LogP contribution in [0.3, 0.4) is 0 Å². The van der Waals surface area contributed by atoms with Crippen molar-refractivity contribution in [3.05, 3.63) is 35.4 Å². The van der Waals surface area contributed by atoms with Gasteiger partial charge in [-0.1, -0.05) is 12.1 Å². The number of nitrogens with zero attached hydrogens (tertiary/aromatic N) is 2. The maximum Gasteiger partial charge on any atom is 0.248 e. The first-order chi connectivity index (χ1) is 11.7. The second-order valence-corrected chi connectivity index (χ2v) is 5.64. The first-order valence-corrected chi connectivity index (χ1v) is 8.40. The van der Waals surface area contributed by atoms with Crippen molar-refractivity contribution in [3.8, 4) is 0 Å². The van der Waals surface area contributed by atoms with Gasteiger partial charge in [-0.15, -0.1) is 0 Å². The van der Waals surface area contributed by atoms with Crippen LogP contribution in [0.1, 0.15) is 22.8 Å². The van der Waals surface area contributed by atoms with Crippen LogP contribution in [-0.4, -0.2) is 62.7 Å². The zero-order chi connectivity index (χ0) is 17.2. The molecule has 1 saturated heterocycles. The Morgan fingerprint density at radius 1 is 1.33 bits per heavy atom. The lowest BCUT2D eigenvalue weighted by Gasteiger charge is -2.26. The molecule has 2 rings (SSSR count).